The minimum Gasteiger partial charge on any atom is -0.351 e. The van der Waals surface area contributed by atoms with Crippen LogP contribution in [0.2, 0.25) is 0 Å². The number of amides is 2. The molecule has 0 aliphatic rings. The largest absolute Gasteiger partial charge is 0.418 e. The highest BCUT2D eigenvalue weighted by Crippen LogP contribution is 2.42. The normalized spacial score (nSPS) is 11.4. The SMILES string of the molecule is NC(=O)N(c1cccc(-c2c(C(=O)c3ccccc3)cnc3c(C(F)(F)F)cccc23)c1)c1ccc(-c2ccccc2)s1. The summed E-state index contributed by atoms with van der Waals surface area (Å²) in [6.07, 6.45) is -3.47. The molecule has 4 aromatic carbocycles. The van der Waals surface area contributed by atoms with Crippen molar-refractivity contribution in [1.82, 2.24) is 4.98 Å². The Morgan fingerprint density at radius 3 is 2.14 bits per heavy atom. The number of hydrogen-bond donors (Lipinski definition) is 1. The van der Waals surface area contributed by atoms with Gasteiger partial charge in [0.15, 0.2) is 5.78 Å². The van der Waals surface area contributed by atoms with Crippen LogP contribution in [0.3, 0.4) is 0 Å². The fraction of sp³-hybridized carbons (Fsp3) is 0.0294. The third-order valence-corrected chi connectivity index (χ3v) is 8.09. The van der Waals surface area contributed by atoms with Crippen molar-refractivity contribution in [3.8, 4) is 21.6 Å². The van der Waals surface area contributed by atoms with Crippen LogP contribution < -0.4 is 10.6 Å². The number of thiophene rings is 1. The van der Waals surface area contributed by atoms with E-state index in [9.17, 15) is 22.8 Å². The van der Waals surface area contributed by atoms with Crippen LogP contribution in [0.15, 0.2) is 121 Å². The fourth-order valence-corrected chi connectivity index (χ4v) is 6.09. The molecule has 0 atom stereocenters. The number of alkyl halides is 3. The lowest BCUT2D eigenvalue weighted by Crippen LogP contribution is -2.30. The van der Waals surface area contributed by atoms with Gasteiger partial charge in [-0.05, 0) is 41.5 Å². The van der Waals surface area contributed by atoms with Gasteiger partial charge in [-0.3, -0.25) is 14.7 Å². The summed E-state index contributed by atoms with van der Waals surface area (Å²) in [6.45, 7) is 0. The van der Waals surface area contributed by atoms with Crippen LogP contribution in [0.5, 0.6) is 0 Å². The van der Waals surface area contributed by atoms with E-state index < -0.39 is 23.6 Å². The lowest BCUT2D eigenvalue weighted by atomic mass is 9.91. The van der Waals surface area contributed by atoms with E-state index >= 15 is 0 Å². The number of anilines is 2. The first kappa shape index (κ1) is 27.9. The summed E-state index contributed by atoms with van der Waals surface area (Å²) >= 11 is 1.37. The van der Waals surface area contributed by atoms with Gasteiger partial charge in [0.2, 0.25) is 0 Å². The molecule has 6 rings (SSSR count). The Morgan fingerprint density at radius 1 is 0.767 bits per heavy atom. The maximum absolute atomic E-state index is 14.0. The maximum atomic E-state index is 14.0. The molecule has 0 saturated heterocycles. The molecule has 2 N–H and O–H groups in total. The van der Waals surface area contributed by atoms with Gasteiger partial charge >= 0.3 is 12.2 Å². The molecule has 2 amide bonds. The van der Waals surface area contributed by atoms with Gasteiger partial charge in [0.1, 0.15) is 5.00 Å². The van der Waals surface area contributed by atoms with Crippen molar-refractivity contribution in [2.75, 3.05) is 4.90 Å². The molecule has 0 saturated carbocycles. The van der Waals surface area contributed by atoms with Gasteiger partial charge in [0.25, 0.3) is 0 Å². The van der Waals surface area contributed by atoms with Gasteiger partial charge < -0.3 is 5.73 Å². The highest BCUT2D eigenvalue weighted by atomic mass is 32.1. The third kappa shape index (κ3) is 5.38. The van der Waals surface area contributed by atoms with Crippen molar-refractivity contribution in [1.29, 1.82) is 0 Å². The smallest absolute Gasteiger partial charge is 0.351 e. The number of primary amides is 1. The van der Waals surface area contributed by atoms with Crippen LogP contribution in [0.4, 0.5) is 28.7 Å². The monoisotopic (exact) mass is 593 g/mol. The summed E-state index contributed by atoms with van der Waals surface area (Å²) in [5, 5.41) is 0.713. The Morgan fingerprint density at radius 2 is 1.44 bits per heavy atom. The fourth-order valence-electron chi connectivity index (χ4n) is 5.05. The molecule has 2 aromatic heterocycles. The van der Waals surface area contributed by atoms with Crippen LogP contribution in [-0.2, 0) is 6.18 Å². The summed E-state index contributed by atoms with van der Waals surface area (Å²) in [4.78, 5) is 32.9. The van der Waals surface area contributed by atoms with E-state index in [-0.39, 0.29) is 22.0 Å². The first-order chi connectivity index (χ1) is 20.7. The van der Waals surface area contributed by atoms with E-state index in [1.807, 2.05) is 36.4 Å². The predicted octanol–water partition coefficient (Wildman–Crippen LogP) is 9.10. The van der Waals surface area contributed by atoms with Crippen molar-refractivity contribution in [2.45, 2.75) is 6.18 Å². The van der Waals surface area contributed by atoms with Crippen molar-refractivity contribution >= 4 is 44.7 Å². The number of carbonyl (C=O) groups is 2. The van der Waals surface area contributed by atoms with Crippen LogP contribution in [0.1, 0.15) is 21.5 Å². The average molecular weight is 594 g/mol. The molecule has 6 aromatic rings. The highest BCUT2D eigenvalue weighted by molar-refractivity contribution is 7.19. The molecular formula is C34H22F3N3O2S. The van der Waals surface area contributed by atoms with Crippen molar-refractivity contribution in [3.63, 3.8) is 0 Å². The van der Waals surface area contributed by atoms with Crippen molar-refractivity contribution in [2.24, 2.45) is 5.73 Å². The molecule has 5 nitrogen and oxygen atoms in total. The number of pyridine rings is 1. The Kier molecular flexibility index (Phi) is 7.25. The lowest BCUT2D eigenvalue weighted by molar-refractivity contribution is -0.136. The van der Waals surface area contributed by atoms with Crippen LogP contribution in [0, 0.1) is 0 Å². The van der Waals surface area contributed by atoms with Gasteiger partial charge in [0, 0.05) is 33.2 Å². The number of rotatable bonds is 6. The number of aromatic nitrogens is 1. The molecule has 0 aliphatic carbocycles. The van der Waals surface area contributed by atoms with Crippen molar-refractivity contribution in [3.05, 3.63) is 138 Å². The second-order valence-corrected chi connectivity index (χ2v) is 10.7. The standard InChI is InChI=1S/C34H22F3N3O2S/c35-34(36,37)27-16-8-15-25-30(26(20-39-31(25)27)32(41)22-11-5-2-6-12-22)23-13-7-14-24(19-23)40(33(38)42)29-18-17-28(43-29)21-9-3-1-4-10-21/h1-20H,(H2,38,42). The predicted molar refractivity (Wildman–Crippen MR) is 164 cm³/mol. The number of nitrogens with zero attached hydrogens (tertiary/aromatic N) is 2. The van der Waals surface area contributed by atoms with Crippen LogP contribution >= 0.6 is 11.3 Å². The number of halogens is 3. The zero-order chi connectivity index (χ0) is 30.1. The Hall–Kier alpha value is -5.28. The van der Waals surface area contributed by atoms with E-state index in [0.717, 1.165) is 16.5 Å². The highest BCUT2D eigenvalue weighted by Gasteiger charge is 2.34. The molecule has 0 fully saturated rings. The molecular weight excluding hydrogens is 571 g/mol. The second-order valence-electron chi connectivity index (χ2n) is 9.67. The van der Waals surface area contributed by atoms with Gasteiger partial charge in [-0.25, -0.2) is 4.79 Å². The number of carbonyl (C=O) groups excluding carboxylic acids is 2. The van der Waals surface area contributed by atoms with Gasteiger partial charge in [0.05, 0.1) is 16.8 Å². The van der Waals surface area contributed by atoms with Gasteiger partial charge in [-0.1, -0.05) is 84.9 Å². The second kappa shape index (κ2) is 11.2. The molecule has 9 heteroatoms. The van der Waals surface area contributed by atoms with E-state index in [1.54, 1.807) is 60.7 Å². The number of para-hydroxylation sites is 1. The number of hydrogen-bond acceptors (Lipinski definition) is 4. The quantitative estimate of drug-likeness (QED) is 0.196. The third-order valence-electron chi connectivity index (χ3n) is 6.97. The molecule has 2 heterocycles. The molecule has 43 heavy (non-hydrogen) atoms. The molecule has 0 radical (unpaired) electrons. The summed E-state index contributed by atoms with van der Waals surface area (Å²) in [7, 11) is 0. The minimum absolute atomic E-state index is 0.128. The summed E-state index contributed by atoms with van der Waals surface area (Å²) in [5.74, 6) is -0.398. The Balaban J connectivity index is 1.54. The Labute approximate surface area is 248 Å². The van der Waals surface area contributed by atoms with Crippen LogP contribution in [0.25, 0.3) is 32.5 Å². The zero-order valence-corrected chi connectivity index (χ0v) is 23.2. The summed E-state index contributed by atoms with van der Waals surface area (Å²) in [6, 6.07) is 31.5. The van der Waals surface area contributed by atoms with E-state index in [1.165, 1.54) is 34.6 Å². The summed E-state index contributed by atoms with van der Waals surface area (Å²) in [5.41, 5.74) is 7.22. The number of ketones is 1. The van der Waals surface area contributed by atoms with Gasteiger partial charge in [-0.15, -0.1) is 11.3 Å². The lowest BCUT2D eigenvalue weighted by Gasteiger charge is -2.21. The average Bonchev–Trinajstić information content (AvgIpc) is 3.50. The van der Waals surface area contributed by atoms with Gasteiger partial charge in [-0.2, -0.15) is 13.2 Å². The topological polar surface area (TPSA) is 76.3 Å². The van der Waals surface area contributed by atoms with E-state index in [2.05, 4.69) is 4.98 Å². The zero-order valence-electron chi connectivity index (χ0n) is 22.4. The molecule has 0 bridgehead atoms. The Bertz CT molecular complexity index is 1970. The number of benzene rings is 4. The first-order valence-corrected chi connectivity index (χ1v) is 14.0. The summed E-state index contributed by atoms with van der Waals surface area (Å²) < 4.78 is 42.0. The molecule has 0 spiro atoms. The number of urea groups is 1. The van der Waals surface area contributed by atoms with E-state index in [0.29, 0.717) is 21.8 Å². The van der Waals surface area contributed by atoms with E-state index in [4.69, 9.17) is 5.73 Å². The molecule has 0 aliphatic heterocycles. The minimum atomic E-state index is -4.66. The number of fused-ring (bicyclic) bond motifs is 1. The molecule has 0 unspecified atom stereocenters. The first-order valence-electron chi connectivity index (χ1n) is 13.2. The van der Waals surface area contributed by atoms with Crippen LogP contribution in [-0.4, -0.2) is 16.8 Å². The number of nitrogens with two attached hydrogens (primary N) is 1. The molecule has 212 valence electrons. The maximum Gasteiger partial charge on any atom is 0.418 e. The van der Waals surface area contributed by atoms with Crippen molar-refractivity contribution < 1.29 is 22.8 Å².